The Labute approximate surface area is 177 Å². The van der Waals surface area contributed by atoms with E-state index in [4.69, 9.17) is 4.98 Å². The molecular weight excluding hydrogens is 398 g/mol. The Morgan fingerprint density at radius 2 is 1.70 bits per heavy atom. The van der Waals surface area contributed by atoms with Crippen molar-refractivity contribution in [2.45, 2.75) is 37.5 Å². The summed E-state index contributed by atoms with van der Waals surface area (Å²) in [7, 11) is -3.50. The van der Waals surface area contributed by atoms with E-state index in [2.05, 4.69) is 15.3 Å². The minimum atomic E-state index is -3.50. The summed E-state index contributed by atoms with van der Waals surface area (Å²) < 4.78 is 27.6. The van der Waals surface area contributed by atoms with Crippen LogP contribution in [0.25, 0.3) is 0 Å². The molecule has 3 heterocycles. The molecule has 1 aliphatic rings. The maximum absolute atomic E-state index is 13.0. The lowest BCUT2D eigenvalue weighted by molar-refractivity contribution is 0.313. The van der Waals surface area contributed by atoms with Crippen LogP contribution in [0.3, 0.4) is 0 Å². The van der Waals surface area contributed by atoms with E-state index in [0.717, 1.165) is 29.9 Å². The van der Waals surface area contributed by atoms with Crippen molar-refractivity contribution in [1.82, 2.24) is 19.3 Å². The van der Waals surface area contributed by atoms with Crippen molar-refractivity contribution in [3.63, 3.8) is 0 Å². The van der Waals surface area contributed by atoms with Crippen molar-refractivity contribution in [3.05, 3.63) is 71.7 Å². The molecule has 0 radical (unpaired) electrons. The van der Waals surface area contributed by atoms with Gasteiger partial charge in [0.15, 0.2) is 0 Å². The fourth-order valence-electron chi connectivity index (χ4n) is 3.79. The Kier molecular flexibility index (Phi) is 5.78. The van der Waals surface area contributed by atoms with Gasteiger partial charge in [0, 0.05) is 36.1 Å². The second-order valence-corrected chi connectivity index (χ2v) is 9.50. The third-order valence-electron chi connectivity index (χ3n) is 5.18. The first kappa shape index (κ1) is 20.4. The highest BCUT2D eigenvalue weighted by molar-refractivity contribution is 7.89. The molecule has 4 rings (SSSR count). The van der Waals surface area contributed by atoms with Crippen molar-refractivity contribution in [3.8, 4) is 0 Å². The summed E-state index contributed by atoms with van der Waals surface area (Å²) in [5, 5.41) is 3.17. The molecule has 1 aromatic carbocycles. The number of rotatable bonds is 5. The largest absolute Gasteiger partial charge is 0.309 e. The van der Waals surface area contributed by atoms with E-state index in [-0.39, 0.29) is 5.92 Å². The zero-order chi connectivity index (χ0) is 21.1. The van der Waals surface area contributed by atoms with E-state index in [1.807, 2.05) is 44.2 Å². The van der Waals surface area contributed by atoms with Gasteiger partial charge in [-0.3, -0.25) is 0 Å². The number of nitrogens with one attached hydrogen (secondary N) is 1. The molecule has 1 N–H and O–H groups in total. The number of hydrogen-bond donors (Lipinski definition) is 1. The molecule has 0 spiro atoms. The summed E-state index contributed by atoms with van der Waals surface area (Å²) >= 11 is 0. The van der Waals surface area contributed by atoms with Crippen LogP contribution in [0.15, 0.2) is 59.5 Å². The Morgan fingerprint density at radius 1 is 0.967 bits per heavy atom. The van der Waals surface area contributed by atoms with E-state index in [9.17, 15) is 8.42 Å². The predicted octanol–water partition coefficient (Wildman–Crippen LogP) is 3.80. The highest BCUT2D eigenvalue weighted by Gasteiger charge is 2.31. The van der Waals surface area contributed by atoms with Crippen molar-refractivity contribution in [2.75, 3.05) is 18.4 Å². The molecule has 156 valence electrons. The molecule has 3 aromatic rings. The van der Waals surface area contributed by atoms with Crippen LogP contribution >= 0.6 is 0 Å². The van der Waals surface area contributed by atoms with E-state index < -0.39 is 10.0 Å². The van der Waals surface area contributed by atoms with Gasteiger partial charge in [-0.05, 0) is 57.0 Å². The SMILES string of the molecule is Cc1cc(C)nc(Nc2cccc(C3CCCN(S(=O)(=O)c4ccccc4)C3)n2)n1. The second-order valence-electron chi connectivity index (χ2n) is 7.56. The van der Waals surface area contributed by atoms with Crippen molar-refractivity contribution in [1.29, 1.82) is 0 Å². The van der Waals surface area contributed by atoms with Gasteiger partial charge in [0.1, 0.15) is 5.82 Å². The van der Waals surface area contributed by atoms with Crippen LogP contribution in [0.4, 0.5) is 11.8 Å². The summed E-state index contributed by atoms with van der Waals surface area (Å²) in [5.74, 6) is 1.20. The van der Waals surface area contributed by atoms with Crippen molar-refractivity contribution < 1.29 is 8.42 Å². The zero-order valence-electron chi connectivity index (χ0n) is 17.1. The molecule has 2 aromatic heterocycles. The van der Waals surface area contributed by atoms with E-state index in [1.54, 1.807) is 28.6 Å². The summed E-state index contributed by atoms with van der Waals surface area (Å²) in [5.41, 5.74) is 2.64. The lowest BCUT2D eigenvalue weighted by Gasteiger charge is -2.31. The average Bonchev–Trinajstić information content (AvgIpc) is 2.74. The number of benzene rings is 1. The molecular formula is C22H25N5O2S. The van der Waals surface area contributed by atoms with E-state index in [1.165, 1.54) is 0 Å². The first-order valence-corrected chi connectivity index (χ1v) is 11.5. The first-order chi connectivity index (χ1) is 14.4. The number of hydrogen-bond acceptors (Lipinski definition) is 6. The minimum Gasteiger partial charge on any atom is -0.309 e. The second kappa shape index (κ2) is 8.49. The molecule has 0 amide bonds. The van der Waals surface area contributed by atoms with Gasteiger partial charge < -0.3 is 5.32 Å². The van der Waals surface area contributed by atoms with Gasteiger partial charge in [0.25, 0.3) is 0 Å². The summed E-state index contributed by atoms with van der Waals surface area (Å²) in [6.07, 6.45) is 1.70. The molecule has 0 saturated carbocycles. The summed E-state index contributed by atoms with van der Waals surface area (Å²) in [6, 6.07) is 16.3. The topological polar surface area (TPSA) is 88.1 Å². The molecule has 1 atom stereocenters. The van der Waals surface area contributed by atoms with E-state index in [0.29, 0.717) is 29.8 Å². The number of aryl methyl sites for hydroxylation is 2. The van der Waals surface area contributed by atoms with Gasteiger partial charge in [0.05, 0.1) is 4.90 Å². The third-order valence-corrected chi connectivity index (χ3v) is 7.06. The van der Waals surface area contributed by atoms with Gasteiger partial charge in [-0.1, -0.05) is 24.3 Å². The number of pyridine rings is 1. The Hall–Kier alpha value is -2.84. The smallest absolute Gasteiger partial charge is 0.243 e. The molecule has 1 aliphatic heterocycles. The van der Waals surface area contributed by atoms with Crippen LogP contribution in [0.5, 0.6) is 0 Å². The van der Waals surface area contributed by atoms with Gasteiger partial charge in [-0.25, -0.2) is 23.4 Å². The fourth-order valence-corrected chi connectivity index (χ4v) is 5.33. The van der Waals surface area contributed by atoms with Crippen LogP contribution in [0.2, 0.25) is 0 Å². The molecule has 1 fully saturated rings. The third kappa shape index (κ3) is 4.49. The fraction of sp³-hybridized carbons (Fsp3) is 0.318. The maximum atomic E-state index is 13.0. The van der Waals surface area contributed by atoms with Crippen LogP contribution < -0.4 is 5.32 Å². The quantitative estimate of drug-likeness (QED) is 0.672. The zero-order valence-corrected chi connectivity index (χ0v) is 17.9. The first-order valence-electron chi connectivity index (χ1n) is 10.0. The van der Waals surface area contributed by atoms with Gasteiger partial charge in [-0.2, -0.15) is 4.31 Å². The molecule has 0 aliphatic carbocycles. The van der Waals surface area contributed by atoms with Crippen molar-refractivity contribution in [2.24, 2.45) is 0 Å². The van der Waals surface area contributed by atoms with Gasteiger partial charge >= 0.3 is 0 Å². The number of aromatic nitrogens is 3. The van der Waals surface area contributed by atoms with Gasteiger partial charge in [0.2, 0.25) is 16.0 Å². The predicted molar refractivity (Wildman–Crippen MR) is 116 cm³/mol. The summed E-state index contributed by atoms with van der Waals surface area (Å²) in [4.78, 5) is 13.9. The molecule has 0 bridgehead atoms. The Bertz CT molecular complexity index is 1120. The van der Waals surface area contributed by atoms with Crippen LogP contribution in [0, 0.1) is 13.8 Å². The monoisotopic (exact) mass is 423 g/mol. The Morgan fingerprint density at radius 3 is 2.43 bits per heavy atom. The average molecular weight is 424 g/mol. The maximum Gasteiger partial charge on any atom is 0.243 e. The lowest BCUT2D eigenvalue weighted by atomic mass is 9.96. The van der Waals surface area contributed by atoms with Gasteiger partial charge in [-0.15, -0.1) is 0 Å². The molecule has 8 heteroatoms. The summed E-state index contributed by atoms with van der Waals surface area (Å²) in [6.45, 7) is 4.80. The standard InChI is InChI=1S/C22H25N5O2S/c1-16-14-17(2)24-22(23-16)26-21-12-6-11-20(25-21)18-8-7-13-27(15-18)30(28,29)19-9-4-3-5-10-19/h3-6,9-12,14,18H,7-8,13,15H2,1-2H3,(H,23,24,25,26). The molecule has 1 unspecified atom stereocenters. The van der Waals surface area contributed by atoms with Crippen LogP contribution in [0.1, 0.15) is 35.8 Å². The Balaban J connectivity index is 1.53. The van der Waals surface area contributed by atoms with E-state index >= 15 is 0 Å². The lowest BCUT2D eigenvalue weighted by Crippen LogP contribution is -2.39. The molecule has 7 nitrogen and oxygen atoms in total. The highest BCUT2D eigenvalue weighted by atomic mass is 32.2. The highest BCUT2D eigenvalue weighted by Crippen LogP contribution is 2.30. The molecule has 30 heavy (non-hydrogen) atoms. The number of nitrogens with zero attached hydrogens (tertiary/aromatic N) is 4. The molecule has 1 saturated heterocycles. The normalized spacial score (nSPS) is 17.6. The minimum absolute atomic E-state index is 0.0409. The van der Waals surface area contributed by atoms with Crippen LogP contribution in [-0.4, -0.2) is 40.8 Å². The number of anilines is 2. The van der Waals surface area contributed by atoms with Crippen molar-refractivity contribution >= 4 is 21.8 Å². The number of piperidine rings is 1. The van der Waals surface area contributed by atoms with Crippen LogP contribution in [-0.2, 0) is 10.0 Å². The number of sulfonamides is 1.